The second-order valence-electron chi connectivity index (χ2n) is 6.87. The summed E-state index contributed by atoms with van der Waals surface area (Å²) in [6.45, 7) is 7.73. The molecule has 2 fully saturated rings. The summed E-state index contributed by atoms with van der Waals surface area (Å²) in [5.41, 5.74) is 0. The fourth-order valence-corrected chi connectivity index (χ4v) is 3.68. The first-order valence-corrected chi connectivity index (χ1v) is 9.01. The molecule has 0 saturated carbocycles. The topological polar surface area (TPSA) is 44.0 Å². The second-order valence-corrected chi connectivity index (χ2v) is 6.87. The second kappa shape index (κ2) is 9.65. The van der Waals surface area contributed by atoms with Crippen LogP contribution in [0.1, 0.15) is 44.4 Å². The molecule has 3 heterocycles. The van der Waals surface area contributed by atoms with E-state index in [1.807, 2.05) is 13.1 Å². The van der Waals surface area contributed by atoms with Crippen molar-refractivity contribution >= 4 is 29.9 Å². The number of likely N-dealkylation sites (tertiary alicyclic amines) is 2. The van der Waals surface area contributed by atoms with Crippen LogP contribution in [0, 0.1) is 5.92 Å². The van der Waals surface area contributed by atoms with Gasteiger partial charge in [0.2, 0.25) is 0 Å². The van der Waals surface area contributed by atoms with Gasteiger partial charge >= 0.3 is 0 Å². The van der Waals surface area contributed by atoms with Crippen LogP contribution >= 0.6 is 24.0 Å². The number of hydrogen-bond donors (Lipinski definition) is 1. The average molecular weight is 446 g/mol. The molecule has 2 aliphatic heterocycles. The molecule has 24 heavy (non-hydrogen) atoms. The molecular weight excluding hydrogens is 415 g/mol. The van der Waals surface area contributed by atoms with Gasteiger partial charge in [-0.3, -0.25) is 9.89 Å². The van der Waals surface area contributed by atoms with Crippen molar-refractivity contribution < 1.29 is 4.42 Å². The zero-order chi connectivity index (χ0) is 16.1. The molecule has 2 aliphatic rings. The fourth-order valence-electron chi connectivity index (χ4n) is 3.68. The summed E-state index contributed by atoms with van der Waals surface area (Å²) in [6.07, 6.45) is 6.87. The standard InChI is InChI=1S/C18H30N4O.HI/c1-15-7-11-22(12-8-15)18(19-2)20-14-16(17-6-5-13-23-17)21-9-3-4-10-21;/h5-6,13,15-16H,3-4,7-12,14H2,1-2H3,(H,19,20);1H. The molecule has 1 aromatic heterocycles. The van der Waals surface area contributed by atoms with Crippen molar-refractivity contribution in [3.8, 4) is 0 Å². The molecule has 1 N–H and O–H groups in total. The van der Waals surface area contributed by atoms with Gasteiger partial charge in [-0.25, -0.2) is 0 Å². The van der Waals surface area contributed by atoms with Gasteiger partial charge in [0.1, 0.15) is 5.76 Å². The first kappa shape index (κ1) is 19.6. The zero-order valence-corrected chi connectivity index (χ0v) is 17.2. The number of halogens is 1. The van der Waals surface area contributed by atoms with Crippen molar-refractivity contribution in [2.45, 2.75) is 38.6 Å². The van der Waals surface area contributed by atoms with Crippen LogP contribution in [0.25, 0.3) is 0 Å². The third-order valence-electron chi connectivity index (χ3n) is 5.20. The van der Waals surface area contributed by atoms with E-state index in [1.54, 1.807) is 6.26 Å². The third kappa shape index (κ3) is 4.88. The van der Waals surface area contributed by atoms with Crippen LogP contribution in [0.3, 0.4) is 0 Å². The lowest BCUT2D eigenvalue weighted by Crippen LogP contribution is -2.47. The minimum absolute atomic E-state index is 0. The lowest BCUT2D eigenvalue weighted by atomic mass is 9.99. The van der Waals surface area contributed by atoms with Crippen LogP contribution < -0.4 is 5.32 Å². The maximum atomic E-state index is 5.70. The normalized spacial score (nSPS) is 21.6. The van der Waals surface area contributed by atoms with Crippen LogP contribution in [0.15, 0.2) is 27.8 Å². The number of hydrogen-bond acceptors (Lipinski definition) is 3. The smallest absolute Gasteiger partial charge is 0.193 e. The van der Waals surface area contributed by atoms with Crippen molar-refractivity contribution in [2.24, 2.45) is 10.9 Å². The molecule has 136 valence electrons. The molecule has 0 spiro atoms. The van der Waals surface area contributed by atoms with Crippen molar-refractivity contribution in [1.29, 1.82) is 0 Å². The van der Waals surface area contributed by atoms with Crippen LogP contribution in [-0.2, 0) is 0 Å². The molecule has 1 aromatic rings. The number of rotatable bonds is 4. The Labute approximate surface area is 162 Å². The predicted molar refractivity (Wildman–Crippen MR) is 109 cm³/mol. The largest absolute Gasteiger partial charge is 0.468 e. The molecule has 0 aliphatic carbocycles. The molecule has 1 atom stereocenters. The van der Waals surface area contributed by atoms with E-state index in [2.05, 4.69) is 33.1 Å². The van der Waals surface area contributed by atoms with Gasteiger partial charge in [-0.15, -0.1) is 24.0 Å². The lowest BCUT2D eigenvalue weighted by Gasteiger charge is -2.34. The van der Waals surface area contributed by atoms with Crippen LogP contribution in [0.2, 0.25) is 0 Å². The first-order chi connectivity index (χ1) is 11.3. The van der Waals surface area contributed by atoms with E-state index in [1.165, 1.54) is 25.7 Å². The lowest BCUT2D eigenvalue weighted by molar-refractivity contribution is 0.211. The van der Waals surface area contributed by atoms with Crippen LogP contribution in [0.5, 0.6) is 0 Å². The minimum atomic E-state index is 0. The van der Waals surface area contributed by atoms with E-state index in [4.69, 9.17) is 4.42 Å². The summed E-state index contributed by atoms with van der Waals surface area (Å²) in [7, 11) is 1.89. The third-order valence-corrected chi connectivity index (χ3v) is 5.20. The number of nitrogens with one attached hydrogen (secondary N) is 1. The quantitative estimate of drug-likeness (QED) is 0.438. The van der Waals surface area contributed by atoms with Crippen molar-refractivity contribution in [3.05, 3.63) is 24.2 Å². The summed E-state index contributed by atoms with van der Waals surface area (Å²) in [5.74, 6) is 2.93. The SMILES string of the molecule is CN=C(NCC(c1ccco1)N1CCCC1)N1CCC(C)CC1.I. The van der Waals surface area contributed by atoms with E-state index in [0.717, 1.165) is 50.4 Å². The summed E-state index contributed by atoms with van der Waals surface area (Å²) >= 11 is 0. The molecule has 1 unspecified atom stereocenters. The predicted octanol–water partition coefficient (Wildman–Crippen LogP) is 3.34. The molecule has 2 saturated heterocycles. The molecule has 0 radical (unpaired) electrons. The Kier molecular flexibility index (Phi) is 7.87. The minimum Gasteiger partial charge on any atom is -0.468 e. The maximum Gasteiger partial charge on any atom is 0.193 e. The highest BCUT2D eigenvalue weighted by atomic mass is 127. The number of piperidine rings is 1. The van der Waals surface area contributed by atoms with Gasteiger partial charge in [-0.05, 0) is 56.8 Å². The monoisotopic (exact) mass is 446 g/mol. The summed E-state index contributed by atoms with van der Waals surface area (Å²) in [6, 6.07) is 4.38. The Morgan fingerprint density at radius 3 is 2.58 bits per heavy atom. The number of guanidine groups is 1. The Hall–Kier alpha value is -0.760. The van der Waals surface area contributed by atoms with Crippen molar-refractivity contribution in [1.82, 2.24) is 15.1 Å². The van der Waals surface area contributed by atoms with Gasteiger partial charge in [0.15, 0.2) is 5.96 Å². The number of aliphatic imine (C=N–C) groups is 1. The van der Waals surface area contributed by atoms with E-state index in [0.29, 0.717) is 6.04 Å². The molecular formula is C18H31IN4O. The molecule has 3 rings (SSSR count). The van der Waals surface area contributed by atoms with E-state index in [9.17, 15) is 0 Å². The highest BCUT2D eigenvalue weighted by Crippen LogP contribution is 2.25. The highest BCUT2D eigenvalue weighted by molar-refractivity contribution is 14.0. The molecule has 0 aromatic carbocycles. The number of furan rings is 1. The van der Waals surface area contributed by atoms with Gasteiger partial charge in [-0.1, -0.05) is 6.92 Å². The van der Waals surface area contributed by atoms with Gasteiger partial charge in [-0.2, -0.15) is 0 Å². The molecule has 0 bridgehead atoms. The van der Waals surface area contributed by atoms with E-state index < -0.39 is 0 Å². The van der Waals surface area contributed by atoms with Gasteiger partial charge in [0.05, 0.1) is 12.3 Å². The van der Waals surface area contributed by atoms with Crippen LogP contribution in [0.4, 0.5) is 0 Å². The Morgan fingerprint density at radius 1 is 1.29 bits per heavy atom. The fraction of sp³-hybridized carbons (Fsp3) is 0.722. The van der Waals surface area contributed by atoms with Gasteiger partial charge in [0.25, 0.3) is 0 Å². The summed E-state index contributed by atoms with van der Waals surface area (Å²) < 4.78 is 5.70. The van der Waals surface area contributed by atoms with Crippen molar-refractivity contribution in [2.75, 3.05) is 39.8 Å². The van der Waals surface area contributed by atoms with Gasteiger partial charge in [0, 0.05) is 26.7 Å². The van der Waals surface area contributed by atoms with Crippen LogP contribution in [-0.4, -0.2) is 55.5 Å². The Morgan fingerprint density at radius 2 is 2.00 bits per heavy atom. The highest BCUT2D eigenvalue weighted by Gasteiger charge is 2.26. The number of nitrogens with zero attached hydrogens (tertiary/aromatic N) is 3. The van der Waals surface area contributed by atoms with Gasteiger partial charge < -0.3 is 14.6 Å². The van der Waals surface area contributed by atoms with E-state index >= 15 is 0 Å². The molecule has 0 amide bonds. The van der Waals surface area contributed by atoms with E-state index in [-0.39, 0.29) is 24.0 Å². The van der Waals surface area contributed by atoms with Crippen molar-refractivity contribution in [3.63, 3.8) is 0 Å². The average Bonchev–Trinajstić information content (AvgIpc) is 3.27. The maximum absolute atomic E-state index is 5.70. The molecule has 6 heteroatoms. The summed E-state index contributed by atoms with van der Waals surface area (Å²) in [5, 5.41) is 3.59. The zero-order valence-electron chi connectivity index (χ0n) is 14.9. The Bertz CT molecular complexity index is 491. The molecule has 5 nitrogen and oxygen atoms in total. The first-order valence-electron chi connectivity index (χ1n) is 9.01. The summed E-state index contributed by atoms with van der Waals surface area (Å²) in [4.78, 5) is 9.42. The Balaban J connectivity index is 0.00000208.